The van der Waals surface area contributed by atoms with Crippen LogP contribution in [0.1, 0.15) is 25.5 Å². The molecule has 2 aromatic rings. The summed E-state index contributed by atoms with van der Waals surface area (Å²) in [6, 6.07) is 12.6. The minimum atomic E-state index is -0.270. The van der Waals surface area contributed by atoms with E-state index in [4.69, 9.17) is 14.2 Å². The molecule has 1 heterocycles. The van der Waals surface area contributed by atoms with Gasteiger partial charge in [-0.25, -0.2) is 4.79 Å². The summed E-state index contributed by atoms with van der Waals surface area (Å²) in [7, 11) is 1.63. The van der Waals surface area contributed by atoms with Crippen LogP contribution >= 0.6 is 0 Å². The zero-order valence-electron chi connectivity index (χ0n) is 14.5. The van der Waals surface area contributed by atoms with Crippen molar-refractivity contribution in [3.63, 3.8) is 0 Å². The van der Waals surface area contributed by atoms with Gasteiger partial charge in [0.25, 0.3) is 0 Å². The summed E-state index contributed by atoms with van der Waals surface area (Å²) < 4.78 is 15.8. The average Bonchev–Trinajstić information content (AvgIpc) is 3.07. The third kappa shape index (κ3) is 3.96. The Bertz CT molecular complexity index is 744. The van der Waals surface area contributed by atoms with Crippen molar-refractivity contribution in [1.29, 1.82) is 0 Å². The van der Waals surface area contributed by atoms with Crippen LogP contribution in [0.25, 0.3) is 0 Å². The minimum absolute atomic E-state index is 0.111. The molecule has 1 atom stereocenters. The predicted molar refractivity (Wildman–Crippen MR) is 95.3 cm³/mol. The number of carbonyl (C=O) groups is 1. The quantitative estimate of drug-likeness (QED) is 0.863. The summed E-state index contributed by atoms with van der Waals surface area (Å²) in [5.41, 5.74) is 1.68. The zero-order valence-corrected chi connectivity index (χ0v) is 14.5. The maximum atomic E-state index is 12.4. The van der Waals surface area contributed by atoms with Gasteiger partial charge >= 0.3 is 6.03 Å². The van der Waals surface area contributed by atoms with Gasteiger partial charge in [0.2, 0.25) is 6.79 Å². The standard InChI is InChI=1S/C19H22N2O4/c1-12(2)18(13-4-7-15(23-3)8-5-13)21-19(22)20-14-6-9-16-17(10-14)25-11-24-16/h4-10,12,18H,11H2,1-3H3,(H2,20,21,22)/t18-/m1/s1. The van der Waals surface area contributed by atoms with Crippen molar-refractivity contribution in [3.8, 4) is 17.2 Å². The van der Waals surface area contributed by atoms with E-state index in [-0.39, 0.29) is 24.8 Å². The van der Waals surface area contributed by atoms with Crippen molar-refractivity contribution in [2.75, 3.05) is 19.2 Å². The van der Waals surface area contributed by atoms with Gasteiger partial charge in [-0.05, 0) is 35.7 Å². The van der Waals surface area contributed by atoms with Gasteiger partial charge in [-0.2, -0.15) is 0 Å². The van der Waals surface area contributed by atoms with Gasteiger partial charge in [-0.1, -0.05) is 26.0 Å². The Balaban J connectivity index is 1.68. The topological polar surface area (TPSA) is 68.8 Å². The molecule has 0 aliphatic carbocycles. The lowest BCUT2D eigenvalue weighted by Gasteiger charge is -2.23. The molecule has 25 heavy (non-hydrogen) atoms. The van der Waals surface area contributed by atoms with Crippen molar-refractivity contribution in [2.45, 2.75) is 19.9 Å². The van der Waals surface area contributed by atoms with Gasteiger partial charge in [-0.3, -0.25) is 0 Å². The fourth-order valence-electron chi connectivity index (χ4n) is 2.73. The van der Waals surface area contributed by atoms with Crippen molar-refractivity contribution in [2.24, 2.45) is 5.92 Å². The smallest absolute Gasteiger partial charge is 0.319 e. The number of carbonyl (C=O) groups excluding carboxylic acids is 1. The molecule has 3 rings (SSSR count). The van der Waals surface area contributed by atoms with E-state index in [1.54, 1.807) is 25.3 Å². The first kappa shape index (κ1) is 17.0. The second-order valence-corrected chi connectivity index (χ2v) is 6.16. The van der Waals surface area contributed by atoms with E-state index >= 15 is 0 Å². The molecule has 0 aromatic heterocycles. The molecule has 0 saturated carbocycles. The number of hydrogen-bond acceptors (Lipinski definition) is 4. The average molecular weight is 342 g/mol. The van der Waals surface area contributed by atoms with Crippen LogP contribution in [0.4, 0.5) is 10.5 Å². The number of urea groups is 1. The number of rotatable bonds is 5. The Kier molecular flexibility index (Phi) is 4.97. The SMILES string of the molecule is COc1ccc([C@H](NC(=O)Nc2ccc3c(c2)OCO3)C(C)C)cc1. The Morgan fingerprint density at radius 3 is 2.48 bits per heavy atom. The van der Waals surface area contributed by atoms with E-state index < -0.39 is 0 Å². The van der Waals surface area contributed by atoms with E-state index in [9.17, 15) is 4.79 Å². The maximum absolute atomic E-state index is 12.4. The summed E-state index contributed by atoms with van der Waals surface area (Å²) in [5.74, 6) is 2.34. The van der Waals surface area contributed by atoms with Crippen LogP contribution in [0.5, 0.6) is 17.2 Å². The van der Waals surface area contributed by atoms with Gasteiger partial charge in [-0.15, -0.1) is 0 Å². The fourth-order valence-corrected chi connectivity index (χ4v) is 2.73. The third-order valence-corrected chi connectivity index (χ3v) is 4.06. The van der Waals surface area contributed by atoms with Crippen LogP contribution < -0.4 is 24.8 Å². The van der Waals surface area contributed by atoms with E-state index in [1.807, 2.05) is 24.3 Å². The van der Waals surface area contributed by atoms with Crippen molar-refractivity contribution in [1.82, 2.24) is 5.32 Å². The molecule has 6 nitrogen and oxygen atoms in total. The van der Waals surface area contributed by atoms with Gasteiger partial charge in [0.05, 0.1) is 13.2 Å². The van der Waals surface area contributed by atoms with Gasteiger partial charge in [0.15, 0.2) is 11.5 Å². The molecule has 0 fully saturated rings. The molecule has 0 radical (unpaired) electrons. The van der Waals surface area contributed by atoms with Crippen LogP contribution in [-0.4, -0.2) is 19.9 Å². The van der Waals surface area contributed by atoms with Crippen LogP contribution in [0.3, 0.4) is 0 Å². The first-order valence-corrected chi connectivity index (χ1v) is 8.18. The van der Waals surface area contributed by atoms with Crippen LogP contribution in [0.15, 0.2) is 42.5 Å². The van der Waals surface area contributed by atoms with Gasteiger partial charge < -0.3 is 24.8 Å². The van der Waals surface area contributed by atoms with Crippen molar-refractivity contribution in [3.05, 3.63) is 48.0 Å². The predicted octanol–water partition coefficient (Wildman–Crippen LogP) is 3.94. The normalized spacial score (nSPS) is 13.4. The lowest BCUT2D eigenvalue weighted by atomic mass is 9.96. The monoisotopic (exact) mass is 342 g/mol. The highest BCUT2D eigenvalue weighted by Gasteiger charge is 2.19. The highest BCUT2D eigenvalue weighted by Crippen LogP contribution is 2.34. The van der Waals surface area contributed by atoms with E-state index in [2.05, 4.69) is 24.5 Å². The molecule has 2 N–H and O–H groups in total. The molecule has 0 spiro atoms. The third-order valence-electron chi connectivity index (χ3n) is 4.06. The van der Waals surface area contributed by atoms with Crippen molar-refractivity contribution >= 4 is 11.7 Å². The van der Waals surface area contributed by atoms with Crippen molar-refractivity contribution < 1.29 is 19.0 Å². The minimum Gasteiger partial charge on any atom is -0.497 e. The first-order chi connectivity index (χ1) is 12.1. The number of nitrogens with one attached hydrogen (secondary N) is 2. The highest BCUT2D eigenvalue weighted by atomic mass is 16.7. The number of amides is 2. The Morgan fingerprint density at radius 1 is 1.08 bits per heavy atom. The highest BCUT2D eigenvalue weighted by molar-refractivity contribution is 5.90. The number of hydrogen-bond donors (Lipinski definition) is 2. The summed E-state index contributed by atoms with van der Waals surface area (Å²) in [4.78, 5) is 12.4. The first-order valence-electron chi connectivity index (χ1n) is 8.18. The molecule has 2 aromatic carbocycles. The summed E-state index contributed by atoms with van der Waals surface area (Å²) in [6.07, 6.45) is 0. The number of benzene rings is 2. The number of fused-ring (bicyclic) bond motifs is 1. The summed E-state index contributed by atoms with van der Waals surface area (Å²) >= 11 is 0. The Labute approximate surface area is 147 Å². The number of ether oxygens (including phenoxy) is 3. The van der Waals surface area contributed by atoms with Crippen LogP contribution in [0.2, 0.25) is 0 Å². The lowest BCUT2D eigenvalue weighted by Crippen LogP contribution is -2.35. The van der Waals surface area contributed by atoms with Gasteiger partial charge in [0.1, 0.15) is 5.75 Å². The summed E-state index contributed by atoms with van der Waals surface area (Å²) in [6.45, 7) is 4.34. The fraction of sp³-hybridized carbons (Fsp3) is 0.316. The molecule has 132 valence electrons. The molecule has 1 aliphatic heterocycles. The molecule has 1 aliphatic rings. The number of anilines is 1. The molecule has 0 bridgehead atoms. The second-order valence-electron chi connectivity index (χ2n) is 6.16. The molecular weight excluding hydrogens is 320 g/mol. The molecule has 0 unspecified atom stereocenters. The largest absolute Gasteiger partial charge is 0.497 e. The van der Waals surface area contributed by atoms with Crippen LogP contribution in [-0.2, 0) is 0 Å². The van der Waals surface area contributed by atoms with Gasteiger partial charge in [0, 0.05) is 11.8 Å². The lowest BCUT2D eigenvalue weighted by molar-refractivity contribution is 0.174. The van der Waals surface area contributed by atoms with E-state index in [0.717, 1.165) is 11.3 Å². The summed E-state index contributed by atoms with van der Waals surface area (Å²) in [5, 5.41) is 5.86. The Morgan fingerprint density at radius 2 is 1.80 bits per heavy atom. The molecule has 2 amide bonds. The molecular formula is C19H22N2O4. The molecule has 0 saturated heterocycles. The zero-order chi connectivity index (χ0) is 17.8. The van der Waals surface area contributed by atoms with Crippen LogP contribution in [0, 0.1) is 5.92 Å². The van der Waals surface area contributed by atoms with E-state index in [0.29, 0.717) is 17.2 Å². The Hall–Kier alpha value is -2.89. The number of methoxy groups -OCH3 is 1. The maximum Gasteiger partial charge on any atom is 0.319 e. The second kappa shape index (κ2) is 7.34. The van der Waals surface area contributed by atoms with E-state index in [1.165, 1.54) is 0 Å². The molecule has 6 heteroatoms.